The third-order valence-corrected chi connectivity index (χ3v) is 3.87. The highest BCUT2D eigenvalue weighted by atomic mass is 35.5. The molecule has 1 aromatic carbocycles. The van der Waals surface area contributed by atoms with E-state index in [1.54, 1.807) is 18.0 Å². The standard InChI is InChI=1S/C13H12ClNS/c1-10(11-6-3-2-4-7-11)16-13-12(14)8-5-9-15-13/h2-10H,1H3. The van der Waals surface area contributed by atoms with E-state index in [4.69, 9.17) is 11.6 Å². The molecular formula is C13H12ClNS. The Balaban J connectivity index is 2.14. The van der Waals surface area contributed by atoms with Crippen molar-refractivity contribution in [3.8, 4) is 0 Å². The highest BCUT2D eigenvalue weighted by Gasteiger charge is 2.09. The molecule has 1 aromatic heterocycles. The molecular weight excluding hydrogens is 238 g/mol. The van der Waals surface area contributed by atoms with Crippen molar-refractivity contribution in [2.24, 2.45) is 0 Å². The first-order chi connectivity index (χ1) is 7.77. The van der Waals surface area contributed by atoms with Crippen molar-refractivity contribution < 1.29 is 0 Å². The average Bonchev–Trinajstić information content (AvgIpc) is 2.33. The first kappa shape index (κ1) is 11.5. The molecule has 0 bridgehead atoms. The third-order valence-electron chi connectivity index (χ3n) is 2.28. The Morgan fingerprint density at radius 2 is 1.88 bits per heavy atom. The van der Waals surface area contributed by atoms with Crippen molar-refractivity contribution in [3.05, 3.63) is 59.2 Å². The SMILES string of the molecule is CC(Sc1ncccc1Cl)c1ccccc1. The van der Waals surface area contributed by atoms with Gasteiger partial charge in [-0.2, -0.15) is 0 Å². The first-order valence-corrected chi connectivity index (χ1v) is 6.35. The zero-order valence-electron chi connectivity index (χ0n) is 8.93. The zero-order valence-corrected chi connectivity index (χ0v) is 10.5. The fraction of sp³-hybridized carbons (Fsp3) is 0.154. The second-order valence-electron chi connectivity index (χ2n) is 3.46. The van der Waals surface area contributed by atoms with Crippen LogP contribution in [-0.4, -0.2) is 4.98 Å². The van der Waals surface area contributed by atoms with E-state index in [1.807, 2.05) is 30.3 Å². The molecule has 1 nitrogen and oxygen atoms in total. The first-order valence-electron chi connectivity index (χ1n) is 5.09. The highest BCUT2D eigenvalue weighted by Crippen LogP contribution is 2.36. The van der Waals surface area contributed by atoms with Crippen molar-refractivity contribution in [2.45, 2.75) is 17.2 Å². The second kappa shape index (κ2) is 5.37. The van der Waals surface area contributed by atoms with Crippen molar-refractivity contribution >= 4 is 23.4 Å². The summed E-state index contributed by atoms with van der Waals surface area (Å²) in [6.45, 7) is 2.16. The monoisotopic (exact) mass is 249 g/mol. The number of nitrogens with zero attached hydrogens (tertiary/aromatic N) is 1. The van der Waals surface area contributed by atoms with E-state index in [-0.39, 0.29) is 0 Å². The lowest BCUT2D eigenvalue weighted by Gasteiger charge is -2.11. The molecule has 0 saturated heterocycles. The van der Waals surface area contributed by atoms with Gasteiger partial charge in [0, 0.05) is 11.4 Å². The van der Waals surface area contributed by atoms with Crippen molar-refractivity contribution in [1.29, 1.82) is 0 Å². The minimum absolute atomic E-state index is 0.355. The van der Waals surface area contributed by atoms with Crippen LogP contribution in [0.2, 0.25) is 5.02 Å². The van der Waals surface area contributed by atoms with E-state index in [2.05, 4.69) is 24.0 Å². The molecule has 2 aromatic rings. The summed E-state index contributed by atoms with van der Waals surface area (Å²) in [5.41, 5.74) is 1.29. The van der Waals surface area contributed by atoms with Gasteiger partial charge in [0.25, 0.3) is 0 Å². The predicted molar refractivity (Wildman–Crippen MR) is 70.0 cm³/mol. The molecule has 3 heteroatoms. The summed E-state index contributed by atoms with van der Waals surface area (Å²) >= 11 is 7.75. The number of benzene rings is 1. The summed E-state index contributed by atoms with van der Waals surface area (Å²) in [5, 5.41) is 1.96. The van der Waals surface area contributed by atoms with E-state index < -0.39 is 0 Å². The van der Waals surface area contributed by atoms with E-state index in [9.17, 15) is 0 Å². The van der Waals surface area contributed by atoms with Crippen LogP contribution in [0.25, 0.3) is 0 Å². The quantitative estimate of drug-likeness (QED) is 0.738. The van der Waals surface area contributed by atoms with Crippen LogP contribution >= 0.6 is 23.4 Å². The van der Waals surface area contributed by atoms with E-state index in [1.165, 1.54) is 5.56 Å². The van der Waals surface area contributed by atoms with Gasteiger partial charge in [-0.3, -0.25) is 0 Å². The maximum Gasteiger partial charge on any atom is 0.115 e. The second-order valence-corrected chi connectivity index (χ2v) is 5.20. The van der Waals surface area contributed by atoms with Crippen LogP contribution in [0.1, 0.15) is 17.7 Å². The van der Waals surface area contributed by atoms with Gasteiger partial charge in [-0.05, 0) is 24.6 Å². The normalized spacial score (nSPS) is 12.4. The lowest BCUT2D eigenvalue weighted by Crippen LogP contribution is -1.89. The summed E-state index contributed by atoms with van der Waals surface area (Å²) in [6, 6.07) is 14.1. The minimum Gasteiger partial charge on any atom is -0.248 e. The molecule has 16 heavy (non-hydrogen) atoms. The summed E-state index contributed by atoms with van der Waals surface area (Å²) < 4.78 is 0. The van der Waals surface area contributed by atoms with Gasteiger partial charge >= 0.3 is 0 Å². The molecule has 0 amide bonds. The van der Waals surface area contributed by atoms with Gasteiger partial charge in [-0.1, -0.05) is 53.7 Å². The molecule has 0 saturated carbocycles. The molecule has 82 valence electrons. The zero-order chi connectivity index (χ0) is 11.4. The highest BCUT2D eigenvalue weighted by molar-refractivity contribution is 7.99. The Labute approximate surface area is 105 Å². The van der Waals surface area contributed by atoms with E-state index in [0.29, 0.717) is 5.25 Å². The van der Waals surface area contributed by atoms with Gasteiger partial charge in [-0.15, -0.1) is 0 Å². The average molecular weight is 250 g/mol. The Bertz CT molecular complexity index is 458. The molecule has 0 N–H and O–H groups in total. The molecule has 1 unspecified atom stereocenters. The Morgan fingerprint density at radius 3 is 2.56 bits per heavy atom. The maximum absolute atomic E-state index is 6.07. The van der Waals surface area contributed by atoms with Gasteiger partial charge in [-0.25, -0.2) is 4.98 Å². The van der Waals surface area contributed by atoms with E-state index >= 15 is 0 Å². The molecule has 1 atom stereocenters. The fourth-order valence-electron chi connectivity index (χ4n) is 1.42. The number of hydrogen-bond acceptors (Lipinski definition) is 2. The number of rotatable bonds is 3. The van der Waals surface area contributed by atoms with Crippen LogP contribution in [-0.2, 0) is 0 Å². The van der Waals surface area contributed by atoms with Crippen LogP contribution in [0.15, 0.2) is 53.7 Å². The van der Waals surface area contributed by atoms with Crippen LogP contribution in [0, 0.1) is 0 Å². The van der Waals surface area contributed by atoms with Gasteiger partial charge < -0.3 is 0 Å². The summed E-state index contributed by atoms with van der Waals surface area (Å²) in [6.07, 6.45) is 1.77. The summed E-state index contributed by atoms with van der Waals surface area (Å²) in [4.78, 5) is 4.27. The molecule has 2 rings (SSSR count). The number of pyridine rings is 1. The number of hydrogen-bond donors (Lipinski definition) is 0. The molecule has 0 aliphatic heterocycles. The van der Waals surface area contributed by atoms with Gasteiger partial charge in [0.05, 0.1) is 5.02 Å². The largest absolute Gasteiger partial charge is 0.248 e. The molecule has 0 spiro atoms. The summed E-state index contributed by atoms with van der Waals surface area (Å²) in [7, 11) is 0. The predicted octanol–water partition coefficient (Wildman–Crippen LogP) is 4.59. The number of halogens is 1. The number of thioether (sulfide) groups is 1. The van der Waals surface area contributed by atoms with Crippen LogP contribution in [0.5, 0.6) is 0 Å². The number of aromatic nitrogens is 1. The van der Waals surface area contributed by atoms with Crippen LogP contribution in [0.4, 0.5) is 0 Å². The van der Waals surface area contributed by atoms with Gasteiger partial charge in [0.1, 0.15) is 5.03 Å². The molecule has 1 heterocycles. The summed E-state index contributed by atoms with van der Waals surface area (Å²) in [5.74, 6) is 0. The van der Waals surface area contributed by atoms with Crippen molar-refractivity contribution in [2.75, 3.05) is 0 Å². The molecule has 0 aliphatic carbocycles. The van der Waals surface area contributed by atoms with Crippen LogP contribution < -0.4 is 0 Å². The van der Waals surface area contributed by atoms with Crippen LogP contribution in [0.3, 0.4) is 0 Å². The fourth-order valence-corrected chi connectivity index (χ4v) is 2.60. The van der Waals surface area contributed by atoms with Crippen molar-refractivity contribution in [1.82, 2.24) is 4.98 Å². The van der Waals surface area contributed by atoms with Gasteiger partial charge in [0.15, 0.2) is 0 Å². The molecule has 0 radical (unpaired) electrons. The Kier molecular flexibility index (Phi) is 3.86. The van der Waals surface area contributed by atoms with Gasteiger partial charge in [0.2, 0.25) is 0 Å². The maximum atomic E-state index is 6.07. The lowest BCUT2D eigenvalue weighted by atomic mass is 10.2. The Hall–Kier alpha value is -0.990. The lowest BCUT2D eigenvalue weighted by molar-refractivity contribution is 1.06. The molecule has 0 aliphatic rings. The third kappa shape index (κ3) is 2.77. The smallest absolute Gasteiger partial charge is 0.115 e. The minimum atomic E-state index is 0.355. The Morgan fingerprint density at radius 1 is 1.12 bits per heavy atom. The van der Waals surface area contributed by atoms with E-state index in [0.717, 1.165) is 10.0 Å². The molecule has 0 fully saturated rings. The topological polar surface area (TPSA) is 12.9 Å². The van der Waals surface area contributed by atoms with Crippen molar-refractivity contribution in [3.63, 3.8) is 0 Å².